The van der Waals surface area contributed by atoms with E-state index in [9.17, 15) is 19.1 Å². The van der Waals surface area contributed by atoms with Crippen molar-refractivity contribution in [3.63, 3.8) is 0 Å². The normalized spacial score (nSPS) is 29.3. The highest BCUT2D eigenvalue weighted by Gasteiger charge is 2.55. The number of likely N-dealkylation sites (N-methyl/N-ethyl adjacent to an activating group) is 1. The third kappa shape index (κ3) is 2.40. The number of methoxy groups -OCH3 is 1. The third-order valence-corrected chi connectivity index (χ3v) is 4.36. The molecule has 0 amide bonds. The SMILES string of the molecule is COC(=O)C1(C)CC(C(=O)O)C(c2ccccc2F)N1C. The summed E-state index contributed by atoms with van der Waals surface area (Å²) in [6.07, 6.45) is 0.0739. The van der Waals surface area contributed by atoms with E-state index < -0.39 is 35.3 Å². The average Bonchev–Trinajstić information content (AvgIpc) is 2.73. The van der Waals surface area contributed by atoms with Crippen molar-refractivity contribution in [3.8, 4) is 0 Å². The fourth-order valence-corrected chi connectivity index (χ4v) is 3.07. The number of esters is 1. The average molecular weight is 295 g/mol. The zero-order valence-corrected chi connectivity index (χ0v) is 12.2. The topological polar surface area (TPSA) is 66.8 Å². The molecule has 1 saturated heterocycles. The summed E-state index contributed by atoms with van der Waals surface area (Å²) in [5.41, 5.74) is -0.815. The van der Waals surface area contributed by atoms with Crippen LogP contribution in [0.4, 0.5) is 4.39 Å². The van der Waals surface area contributed by atoms with Gasteiger partial charge >= 0.3 is 11.9 Å². The molecule has 1 aliphatic rings. The van der Waals surface area contributed by atoms with Crippen LogP contribution >= 0.6 is 0 Å². The summed E-state index contributed by atoms with van der Waals surface area (Å²) in [6.45, 7) is 1.62. The molecule has 114 valence electrons. The van der Waals surface area contributed by atoms with Crippen molar-refractivity contribution in [2.45, 2.75) is 24.9 Å². The third-order valence-electron chi connectivity index (χ3n) is 4.36. The molecule has 0 aromatic heterocycles. The Morgan fingerprint density at radius 1 is 1.43 bits per heavy atom. The second-order valence-electron chi connectivity index (χ2n) is 5.49. The number of nitrogens with zero attached hydrogens (tertiary/aromatic N) is 1. The van der Waals surface area contributed by atoms with E-state index >= 15 is 0 Å². The molecule has 0 bridgehead atoms. The van der Waals surface area contributed by atoms with Crippen LogP contribution in [0.5, 0.6) is 0 Å². The number of benzene rings is 1. The number of likely N-dealkylation sites (tertiary alicyclic amines) is 1. The van der Waals surface area contributed by atoms with Crippen LogP contribution in [0.25, 0.3) is 0 Å². The van der Waals surface area contributed by atoms with E-state index in [1.54, 1.807) is 37.1 Å². The van der Waals surface area contributed by atoms with Gasteiger partial charge in [0.25, 0.3) is 0 Å². The van der Waals surface area contributed by atoms with Crippen molar-refractivity contribution in [3.05, 3.63) is 35.6 Å². The van der Waals surface area contributed by atoms with Crippen molar-refractivity contribution in [1.29, 1.82) is 0 Å². The fraction of sp³-hybridized carbons (Fsp3) is 0.467. The summed E-state index contributed by atoms with van der Waals surface area (Å²) < 4.78 is 18.8. The maximum absolute atomic E-state index is 14.1. The maximum atomic E-state index is 14.1. The second-order valence-corrected chi connectivity index (χ2v) is 5.49. The van der Waals surface area contributed by atoms with Gasteiger partial charge in [0.1, 0.15) is 11.4 Å². The van der Waals surface area contributed by atoms with Gasteiger partial charge in [-0.1, -0.05) is 18.2 Å². The molecule has 1 fully saturated rings. The molecule has 2 rings (SSSR count). The van der Waals surface area contributed by atoms with Crippen molar-refractivity contribution in [1.82, 2.24) is 4.90 Å². The second kappa shape index (κ2) is 5.44. The number of aliphatic carboxylic acids is 1. The first-order chi connectivity index (χ1) is 9.82. The number of carbonyl (C=O) groups is 2. The fourth-order valence-electron chi connectivity index (χ4n) is 3.07. The van der Waals surface area contributed by atoms with E-state index in [0.717, 1.165) is 0 Å². The van der Waals surface area contributed by atoms with E-state index in [0.29, 0.717) is 0 Å². The number of carboxylic acids is 1. The highest BCUT2D eigenvalue weighted by molar-refractivity contribution is 5.83. The van der Waals surface area contributed by atoms with Gasteiger partial charge in [-0.3, -0.25) is 14.5 Å². The summed E-state index contributed by atoms with van der Waals surface area (Å²) in [4.78, 5) is 25.2. The van der Waals surface area contributed by atoms with Crippen LogP contribution in [0.15, 0.2) is 24.3 Å². The molecule has 1 aliphatic heterocycles. The molecule has 1 heterocycles. The first kappa shape index (κ1) is 15.4. The minimum Gasteiger partial charge on any atom is -0.481 e. The van der Waals surface area contributed by atoms with Gasteiger partial charge in [0, 0.05) is 5.56 Å². The lowest BCUT2D eigenvalue weighted by atomic mass is 9.90. The molecule has 0 spiro atoms. The molecular weight excluding hydrogens is 277 g/mol. The van der Waals surface area contributed by atoms with E-state index in [4.69, 9.17) is 4.74 Å². The number of hydrogen-bond donors (Lipinski definition) is 1. The van der Waals surface area contributed by atoms with Gasteiger partial charge in [-0.25, -0.2) is 4.39 Å². The molecular formula is C15H18FNO4. The van der Waals surface area contributed by atoms with Gasteiger partial charge in [0.05, 0.1) is 19.1 Å². The van der Waals surface area contributed by atoms with Crippen LogP contribution < -0.4 is 0 Å². The van der Waals surface area contributed by atoms with Crippen LogP contribution in [0.3, 0.4) is 0 Å². The Hall–Kier alpha value is -1.95. The predicted molar refractivity (Wildman–Crippen MR) is 73.1 cm³/mol. The number of hydrogen-bond acceptors (Lipinski definition) is 4. The highest BCUT2D eigenvalue weighted by Crippen LogP contribution is 2.46. The lowest BCUT2D eigenvalue weighted by Gasteiger charge is -2.33. The summed E-state index contributed by atoms with van der Waals surface area (Å²) in [5.74, 6) is -2.93. The Bertz CT molecular complexity index is 577. The zero-order valence-electron chi connectivity index (χ0n) is 12.2. The molecule has 1 N–H and O–H groups in total. The molecule has 0 saturated carbocycles. The Morgan fingerprint density at radius 2 is 2.05 bits per heavy atom. The van der Waals surface area contributed by atoms with E-state index in [1.165, 1.54) is 13.2 Å². The molecule has 1 aromatic carbocycles. The summed E-state index contributed by atoms with van der Waals surface area (Å²) in [7, 11) is 2.88. The summed E-state index contributed by atoms with van der Waals surface area (Å²) >= 11 is 0. The quantitative estimate of drug-likeness (QED) is 0.862. The predicted octanol–water partition coefficient (Wildman–Crippen LogP) is 1.83. The molecule has 6 heteroatoms. The monoisotopic (exact) mass is 295 g/mol. The van der Waals surface area contributed by atoms with Crippen LogP contribution in [-0.4, -0.2) is 41.6 Å². The molecule has 0 radical (unpaired) electrons. The van der Waals surface area contributed by atoms with Gasteiger partial charge in [-0.2, -0.15) is 0 Å². The number of halogens is 1. The first-order valence-corrected chi connectivity index (χ1v) is 6.61. The van der Waals surface area contributed by atoms with E-state index in [1.807, 2.05) is 0 Å². The van der Waals surface area contributed by atoms with Gasteiger partial charge in [0.15, 0.2) is 0 Å². The highest BCUT2D eigenvalue weighted by atomic mass is 19.1. The van der Waals surface area contributed by atoms with Gasteiger partial charge in [0.2, 0.25) is 0 Å². The molecule has 5 nitrogen and oxygen atoms in total. The lowest BCUT2D eigenvalue weighted by molar-refractivity contribution is -0.152. The van der Waals surface area contributed by atoms with Gasteiger partial charge in [-0.15, -0.1) is 0 Å². The number of ether oxygens (including phenoxy) is 1. The van der Waals surface area contributed by atoms with Crippen LogP contribution in [-0.2, 0) is 14.3 Å². The smallest absolute Gasteiger partial charge is 0.326 e. The summed E-state index contributed by atoms with van der Waals surface area (Å²) in [6, 6.07) is 5.32. The Kier molecular flexibility index (Phi) is 4.00. The lowest BCUT2D eigenvalue weighted by Crippen LogP contribution is -2.47. The Balaban J connectivity index is 2.50. The molecule has 3 unspecified atom stereocenters. The number of carboxylic acid groups (broad SMARTS) is 1. The molecule has 21 heavy (non-hydrogen) atoms. The Labute approximate surface area is 122 Å². The largest absolute Gasteiger partial charge is 0.481 e. The van der Waals surface area contributed by atoms with Crippen LogP contribution in [0, 0.1) is 11.7 Å². The van der Waals surface area contributed by atoms with Crippen molar-refractivity contribution >= 4 is 11.9 Å². The maximum Gasteiger partial charge on any atom is 0.326 e. The molecule has 0 aliphatic carbocycles. The van der Waals surface area contributed by atoms with E-state index in [2.05, 4.69) is 0 Å². The number of carbonyl (C=O) groups excluding carboxylic acids is 1. The molecule has 1 aromatic rings. The van der Waals surface area contributed by atoms with Crippen LogP contribution in [0.1, 0.15) is 24.9 Å². The zero-order chi connectivity index (χ0) is 15.8. The van der Waals surface area contributed by atoms with Crippen LogP contribution in [0.2, 0.25) is 0 Å². The number of rotatable bonds is 3. The van der Waals surface area contributed by atoms with Crippen molar-refractivity contribution in [2.75, 3.05) is 14.2 Å². The van der Waals surface area contributed by atoms with Gasteiger partial charge < -0.3 is 9.84 Å². The minimum absolute atomic E-state index is 0.0739. The standard InChI is InChI=1S/C15H18FNO4/c1-15(14(20)21-3)8-10(13(18)19)12(17(15)2)9-6-4-5-7-11(9)16/h4-7,10,12H,8H2,1-3H3,(H,18,19). The van der Waals surface area contributed by atoms with E-state index in [-0.39, 0.29) is 12.0 Å². The first-order valence-electron chi connectivity index (χ1n) is 6.61. The van der Waals surface area contributed by atoms with Crippen molar-refractivity contribution < 1.29 is 23.8 Å². The van der Waals surface area contributed by atoms with Gasteiger partial charge in [-0.05, 0) is 26.5 Å². The Morgan fingerprint density at radius 3 is 2.57 bits per heavy atom. The molecule has 3 atom stereocenters. The summed E-state index contributed by atoms with van der Waals surface area (Å²) in [5, 5.41) is 9.44. The van der Waals surface area contributed by atoms with Crippen molar-refractivity contribution in [2.24, 2.45) is 5.92 Å². The minimum atomic E-state index is -1.09.